The molecule has 0 amide bonds. The molecular formula is C49H31N7. The lowest BCUT2D eigenvalue weighted by molar-refractivity contribution is 1.07. The van der Waals surface area contributed by atoms with Gasteiger partial charge in [-0.2, -0.15) is 5.26 Å². The quantitative estimate of drug-likeness (QED) is 0.154. The first kappa shape index (κ1) is 33.9. The highest BCUT2D eigenvalue weighted by Gasteiger charge is 2.16. The summed E-state index contributed by atoms with van der Waals surface area (Å²) in [4.78, 5) is 29.5. The Morgan fingerprint density at radius 3 is 0.964 bits per heavy atom. The van der Waals surface area contributed by atoms with Crippen LogP contribution in [-0.2, 0) is 0 Å². The summed E-state index contributed by atoms with van der Waals surface area (Å²) in [7, 11) is 0. The normalized spacial score (nSPS) is 10.8. The molecule has 9 rings (SSSR count). The zero-order chi connectivity index (χ0) is 37.7. The van der Waals surface area contributed by atoms with E-state index in [2.05, 4.69) is 54.6 Å². The second-order valence-corrected chi connectivity index (χ2v) is 13.1. The minimum atomic E-state index is 0.492. The second-order valence-electron chi connectivity index (χ2n) is 13.1. The molecule has 0 aliphatic carbocycles. The molecule has 0 bridgehead atoms. The van der Waals surface area contributed by atoms with Gasteiger partial charge in [0.05, 0.1) is 11.6 Å². The molecule has 7 aromatic carbocycles. The van der Waals surface area contributed by atoms with Crippen LogP contribution in [-0.4, -0.2) is 29.9 Å². The van der Waals surface area contributed by atoms with Gasteiger partial charge < -0.3 is 0 Å². The van der Waals surface area contributed by atoms with E-state index in [-0.39, 0.29) is 0 Å². The summed E-state index contributed by atoms with van der Waals surface area (Å²) in [6, 6.07) is 64.4. The van der Waals surface area contributed by atoms with Crippen LogP contribution in [0.4, 0.5) is 0 Å². The molecule has 56 heavy (non-hydrogen) atoms. The van der Waals surface area contributed by atoms with Gasteiger partial charge in [0.2, 0.25) is 0 Å². The summed E-state index contributed by atoms with van der Waals surface area (Å²) < 4.78 is 0. The van der Waals surface area contributed by atoms with Crippen molar-refractivity contribution in [2.24, 2.45) is 0 Å². The monoisotopic (exact) mass is 717 g/mol. The van der Waals surface area contributed by atoms with Gasteiger partial charge in [0.15, 0.2) is 34.9 Å². The van der Waals surface area contributed by atoms with Crippen LogP contribution in [0.2, 0.25) is 0 Å². The van der Waals surface area contributed by atoms with Crippen molar-refractivity contribution in [3.63, 3.8) is 0 Å². The van der Waals surface area contributed by atoms with E-state index >= 15 is 0 Å². The van der Waals surface area contributed by atoms with Crippen LogP contribution < -0.4 is 0 Å². The van der Waals surface area contributed by atoms with E-state index in [0.717, 1.165) is 55.6 Å². The van der Waals surface area contributed by atoms with E-state index in [0.29, 0.717) is 40.5 Å². The van der Waals surface area contributed by atoms with E-state index in [1.165, 1.54) is 0 Å². The third kappa shape index (κ3) is 7.19. The summed E-state index contributed by atoms with van der Waals surface area (Å²) in [5.41, 5.74) is 9.91. The minimum absolute atomic E-state index is 0.492. The van der Waals surface area contributed by atoms with Gasteiger partial charge in [-0.1, -0.05) is 164 Å². The van der Waals surface area contributed by atoms with Gasteiger partial charge in [0.1, 0.15) is 0 Å². The van der Waals surface area contributed by atoms with E-state index in [4.69, 9.17) is 29.9 Å². The van der Waals surface area contributed by atoms with Crippen LogP contribution in [0, 0.1) is 11.3 Å². The smallest absolute Gasteiger partial charge is 0.164 e. The zero-order valence-corrected chi connectivity index (χ0v) is 30.0. The molecule has 0 fully saturated rings. The first-order valence-corrected chi connectivity index (χ1v) is 18.2. The first-order valence-electron chi connectivity index (χ1n) is 18.2. The van der Waals surface area contributed by atoms with Crippen molar-refractivity contribution in [1.29, 1.82) is 5.26 Å². The predicted octanol–water partition coefficient (Wildman–Crippen LogP) is 11.3. The largest absolute Gasteiger partial charge is 0.208 e. The lowest BCUT2D eigenvalue weighted by Gasteiger charge is -2.11. The number of nitrogens with zero attached hydrogens (tertiary/aromatic N) is 7. The fourth-order valence-corrected chi connectivity index (χ4v) is 6.55. The number of hydrogen-bond donors (Lipinski definition) is 0. The Balaban J connectivity index is 1.09. The Bertz CT molecular complexity index is 2790. The molecule has 0 radical (unpaired) electrons. The molecule has 0 saturated heterocycles. The van der Waals surface area contributed by atoms with Gasteiger partial charge >= 0.3 is 0 Å². The standard InChI is InChI=1S/C49H31N7/c50-32-33-13-10-22-41(29-33)47-54-46(55-49(56-47)42-23-11-20-39(30-42)34-14-4-1-5-15-34)38-27-25-35(26-28-38)40-21-12-24-43(31-40)48-52-44(36-16-6-2-7-17-36)51-45(53-48)37-18-8-3-9-19-37/h1-31H. The van der Waals surface area contributed by atoms with Crippen LogP contribution in [0.3, 0.4) is 0 Å². The minimum Gasteiger partial charge on any atom is -0.208 e. The Labute approximate surface area is 324 Å². The summed E-state index contributed by atoms with van der Waals surface area (Å²) in [6.07, 6.45) is 0. The number of aromatic nitrogens is 6. The highest BCUT2D eigenvalue weighted by Crippen LogP contribution is 2.32. The third-order valence-corrected chi connectivity index (χ3v) is 9.41. The van der Waals surface area contributed by atoms with E-state index in [9.17, 15) is 5.26 Å². The molecule has 0 atom stereocenters. The fourth-order valence-electron chi connectivity index (χ4n) is 6.55. The Kier molecular flexibility index (Phi) is 9.18. The van der Waals surface area contributed by atoms with Crippen LogP contribution in [0.25, 0.3) is 90.6 Å². The predicted molar refractivity (Wildman–Crippen MR) is 221 cm³/mol. The molecule has 7 heteroatoms. The molecule has 0 unspecified atom stereocenters. The molecule has 9 aromatic rings. The highest BCUT2D eigenvalue weighted by molar-refractivity contribution is 5.76. The molecule has 2 heterocycles. The van der Waals surface area contributed by atoms with Crippen LogP contribution in [0.15, 0.2) is 188 Å². The van der Waals surface area contributed by atoms with E-state index in [1.807, 2.05) is 127 Å². The number of hydrogen-bond acceptors (Lipinski definition) is 7. The summed E-state index contributed by atoms with van der Waals surface area (Å²) in [5.74, 6) is 3.40. The lowest BCUT2D eigenvalue weighted by Crippen LogP contribution is -2.00. The average molecular weight is 718 g/mol. The van der Waals surface area contributed by atoms with Crippen molar-refractivity contribution in [3.8, 4) is 96.7 Å². The van der Waals surface area contributed by atoms with Gasteiger partial charge in [-0.05, 0) is 46.5 Å². The zero-order valence-electron chi connectivity index (χ0n) is 30.0. The van der Waals surface area contributed by atoms with Crippen molar-refractivity contribution in [1.82, 2.24) is 29.9 Å². The molecule has 0 aliphatic rings. The third-order valence-electron chi connectivity index (χ3n) is 9.41. The highest BCUT2D eigenvalue weighted by atomic mass is 15.0. The maximum Gasteiger partial charge on any atom is 0.164 e. The molecular weight excluding hydrogens is 687 g/mol. The molecule has 0 saturated carbocycles. The molecule has 7 nitrogen and oxygen atoms in total. The van der Waals surface area contributed by atoms with E-state index < -0.39 is 0 Å². The van der Waals surface area contributed by atoms with Crippen LogP contribution in [0.1, 0.15) is 5.56 Å². The number of benzene rings is 7. The second kappa shape index (κ2) is 15.2. The van der Waals surface area contributed by atoms with Crippen molar-refractivity contribution >= 4 is 0 Å². The first-order chi connectivity index (χ1) is 27.7. The van der Waals surface area contributed by atoms with Gasteiger partial charge in [-0.15, -0.1) is 0 Å². The topological polar surface area (TPSA) is 101 Å². The Morgan fingerprint density at radius 1 is 0.250 bits per heavy atom. The van der Waals surface area contributed by atoms with Crippen LogP contribution >= 0.6 is 0 Å². The number of nitriles is 1. The van der Waals surface area contributed by atoms with Crippen molar-refractivity contribution in [2.75, 3.05) is 0 Å². The maximum absolute atomic E-state index is 9.62. The summed E-state index contributed by atoms with van der Waals surface area (Å²) in [5, 5.41) is 9.62. The van der Waals surface area contributed by atoms with Crippen LogP contribution in [0.5, 0.6) is 0 Å². The van der Waals surface area contributed by atoms with Crippen molar-refractivity contribution < 1.29 is 0 Å². The lowest BCUT2D eigenvalue weighted by atomic mass is 10.0. The van der Waals surface area contributed by atoms with E-state index in [1.54, 1.807) is 12.1 Å². The molecule has 0 aliphatic heterocycles. The number of rotatable bonds is 8. The summed E-state index contributed by atoms with van der Waals surface area (Å²) in [6.45, 7) is 0. The maximum atomic E-state index is 9.62. The van der Waals surface area contributed by atoms with Crippen molar-refractivity contribution in [3.05, 3.63) is 194 Å². The molecule has 0 spiro atoms. The molecule has 262 valence electrons. The van der Waals surface area contributed by atoms with Gasteiger partial charge in [0, 0.05) is 33.4 Å². The Morgan fingerprint density at radius 2 is 0.536 bits per heavy atom. The molecule has 2 aromatic heterocycles. The van der Waals surface area contributed by atoms with Gasteiger partial charge in [-0.25, -0.2) is 29.9 Å². The summed E-state index contributed by atoms with van der Waals surface area (Å²) >= 11 is 0. The fraction of sp³-hybridized carbons (Fsp3) is 0. The van der Waals surface area contributed by atoms with Crippen molar-refractivity contribution in [2.45, 2.75) is 0 Å². The Hall–Kier alpha value is -7.95. The average Bonchev–Trinajstić information content (AvgIpc) is 3.30. The SMILES string of the molecule is N#Cc1cccc(-c2nc(-c3ccc(-c4cccc(-c5nc(-c6ccccc6)nc(-c6ccccc6)n5)c4)cc3)nc(-c3cccc(-c4ccccc4)c3)n2)c1. The van der Waals surface area contributed by atoms with Gasteiger partial charge in [0.25, 0.3) is 0 Å². The molecule has 0 N–H and O–H groups in total. The van der Waals surface area contributed by atoms with Gasteiger partial charge in [-0.3, -0.25) is 0 Å².